The summed E-state index contributed by atoms with van der Waals surface area (Å²) >= 11 is 0. The van der Waals surface area contributed by atoms with Crippen molar-refractivity contribution in [2.75, 3.05) is 26.2 Å². The third-order valence-electron chi connectivity index (χ3n) is 3.78. The van der Waals surface area contributed by atoms with Gasteiger partial charge in [0, 0.05) is 12.6 Å². The average Bonchev–Trinajstić information content (AvgIpc) is 3.04. The molecule has 2 heterocycles. The van der Waals surface area contributed by atoms with Crippen molar-refractivity contribution < 1.29 is 22.4 Å². The maximum Gasteiger partial charge on any atom is 0.374 e. The standard InChI is InChI=1S/C15H24N2O5S/c1-3-11-17(12-7-9-16-10-8-12)23(19,20)14-6-5-13(22-14)15(18)21-4-2/h5-6,12,16H,3-4,7-11H2,1-2H3. The number of piperidine rings is 1. The fourth-order valence-corrected chi connectivity index (χ4v) is 4.39. The number of carbonyl (C=O) groups is 1. The molecule has 0 spiro atoms. The van der Waals surface area contributed by atoms with Crippen molar-refractivity contribution in [3.63, 3.8) is 0 Å². The first-order valence-electron chi connectivity index (χ1n) is 8.00. The zero-order valence-corrected chi connectivity index (χ0v) is 14.4. The molecule has 1 aromatic rings. The Bertz CT molecular complexity index is 620. The van der Waals surface area contributed by atoms with Crippen LogP contribution in [0, 0.1) is 0 Å². The molecule has 0 aliphatic carbocycles. The van der Waals surface area contributed by atoms with Gasteiger partial charge in [0.25, 0.3) is 10.0 Å². The number of nitrogens with one attached hydrogen (secondary N) is 1. The number of ether oxygens (including phenoxy) is 1. The number of carbonyl (C=O) groups excluding carboxylic acids is 1. The number of hydrogen-bond donors (Lipinski definition) is 1. The van der Waals surface area contributed by atoms with Crippen LogP contribution in [0.3, 0.4) is 0 Å². The molecule has 0 atom stereocenters. The van der Waals surface area contributed by atoms with Crippen molar-refractivity contribution in [3.05, 3.63) is 17.9 Å². The molecule has 1 aromatic heterocycles. The first-order chi connectivity index (χ1) is 11.0. The second-order valence-electron chi connectivity index (χ2n) is 5.44. The number of sulfonamides is 1. The summed E-state index contributed by atoms with van der Waals surface area (Å²) in [6, 6.07) is 2.63. The molecule has 1 saturated heterocycles. The Morgan fingerprint density at radius 1 is 1.35 bits per heavy atom. The SMILES string of the molecule is CCCN(C1CCNCC1)S(=O)(=O)c1ccc(C(=O)OCC)o1. The molecule has 1 N–H and O–H groups in total. The summed E-state index contributed by atoms with van der Waals surface area (Å²) in [6.45, 7) is 5.86. The van der Waals surface area contributed by atoms with Gasteiger partial charge in [-0.25, -0.2) is 13.2 Å². The van der Waals surface area contributed by atoms with Crippen LogP contribution in [0.4, 0.5) is 0 Å². The Morgan fingerprint density at radius 3 is 2.65 bits per heavy atom. The van der Waals surface area contributed by atoms with Crippen molar-refractivity contribution in [3.8, 4) is 0 Å². The topological polar surface area (TPSA) is 88.9 Å². The van der Waals surface area contributed by atoms with Crippen LogP contribution in [0.15, 0.2) is 21.6 Å². The molecule has 1 aliphatic rings. The summed E-state index contributed by atoms with van der Waals surface area (Å²) in [7, 11) is -3.76. The molecular weight excluding hydrogens is 320 g/mol. The van der Waals surface area contributed by atoms with Gasteiger partial charge in [0.15, 0.2) is 0 Å². The molecule has 0 amide bonds. The van der Waals surface area contributed by atoms with E-state index in [4.69, 9.17) is 9.15 Å². The van der Waals surface area contributed by atoms with Crippen LogP contribution in [-0.2, 0) is 14.8 Å². The fraction of sp³-hybridized carbons (Fsp3) is 0.667. The highest BCUT2D eigenvalue weighted by molar-refractivity contribution is 7.89. The molecule has 1 aliphatic heterocycles. The monoisotopic (exact) mass is 344 g/mol. The zero-order valence-electron chi connectivity index (χ0n) is 13.6. The first-order valence-corrected chi connectivity index (χ1v) is 9.44. The normalized spacial score (nSPS) is 16.7. The molecule has 0 bridgehead atoms. The lowest BCUT2D eigenvalue weighted by Crippen LogP contribution is -2.46. The third-order valence-corrected chi connectivity index (χ3v) is 5.61. The van der Waals surface area contributed by atoms with Crippen LogP contribution in [0.5, 0.6) is 0 Å². The first kappa shape index (κ1) is 18.0. The lowest BCUT2D eigenvalue weighted by Gasteiger charge is -2.32. The van der Waals surface area contributed by atoms with Gasteiger partial charge in [-0.05, 0) is 51.4 Å². The average molecular weight is 344 g/mol. The van der Waals surface area contributed by atoms with E-state index in [1.807, 2.05) is 6.92 Å². The van der Waals surface area contributed by atoms with E-state index < -0.39 is 16.0 Å². The molecule has 1 fully saturated rings. The number of furan rings is 1. The molecule has 0 saturated carbocycles. The minimum atomic E-state index is -3.76. The minimum absolute atomic E-state index is 0.0441. The summed E-state index contributed by atoms with van der Waals surface area (Å²) in [5.41, 5.74) is 0. The van der Waals surface area contributed by atoms with Gasteiger partial charge in [0.05, 0.1) is 6.61 Å². The summed E-state index contributed by atoms with van der Waals surface area (Å²) in [4.78, 5) is 11.6. The summed E-state index contributed by atoms with van der Waals surface area (Å²) < 4.78 is 37.3. The lowest BCUT2D eigenvalue weighted by molar-refractivity contribution is 0.0483. The summed E-state index contributed by atoms with van der Waals surface area (Å²) in [5, 5.41) is 3.03. The molecule has 0 aromatic carbocycles. The van der Waals surface area contributed by atoms with E-state index in [0.717, 1.165) is 25.9 Å². The van der Waals surface area contributed by atoms with Gasteiger partial charge in [-0.3, -0.25) is 0 Å². The second kappa shape index (κ2) is 7.94. The maximum atomic E-state index is 12.9. The molecule has 130 valence electrons. The maximum absolute atomic E-state index is 12.9. The van der Waals surface area contributed by atoms with Crippen LogP contribution in [0.1, 0.15) is 43.7 Å². The Labute approximate surface area is 137 Å². The summed E-state index contributed by atoms with van der Waals surface area (Å²) in [6.07, 6.45) is 2.25. The molecule has 8 heteroatoms. The summed E-state index contributed by atoms with van der Waals surface area (Å²) in [5.74, 6) is -0.745. The van der Waals surface area contributed by atoms with Gasteiger partial charge in [-0.15, -0.1) is 0 Å². The fourth-order valence-electron chi connectivity index (χ4n) is 2.70. The quantitative estimate of drug-likeness (QED) is 0.756. The number of rotatable bonds is 7. The van der Waals surface area contributed by atoms with Crippen molar-refractivity contribution in [2.45, 2.75) is 44.2 Å². The van der Waals surface area contributed by atoms with E-state index in [2.05, 4.69) is 5.32 Å². The smallest absolute Gasteiger partial charge is 0.374 e. The van der Waals surface area contributed by atoms with Gasteiger partial charge >= 0.3 is 5.97 Å². The van der Waals surface area contributed by atoms with E-state index in [1.165, 1.54) is 16.4 Å². The third kappa shape index (κ3) is 4.13. The van der Waals surface area contributed by atoms with Crippen LogP contribution in [-0.4, -0.2) is 51.0 Å². The van der Waals surface area contributed by atoms with Gasteiger partial charge in [-0.2, -0.15) is 4.31 Å². The van der Waals surface area contributed by atoms with Crippen LogP contribution in [0.2, 0.25) is 0 Å². The second-order valence-corrected chi connectivity index (χ2v) is 7.26. The number of hydrogen-bond acceptors (Lipinski definition) is 6. The van der Waals surface area contributed by atoms with E-state index >= 15 is 0 Å². The Balaban J connectivity index is 2.24. The number of nitrogens with zero attached hydrogens (tertiary/aromatic N) is 1. The molecule has 0 radical (unpaired) electrons. The van der Waals surface area contributed by atoms with Crippen LogP contribution < -0.4 is 5.32 Å². The Morgan fingerprint density at radius 2 is 2.04 bits per heavy atom. The zero-order chi connectivity index (χ0) is 16.9. The van der Waals surface area contributed by atoms with E-state index in [-0.39, 0.29) is 23.5 Å². The lowest BCUT2D eigenvalue weighted by atomic mass is 10.1. The molecule has 2 rings (SSSR count). The van der Waals surface area contributed by atoms with E-state index in [1.54, 1.807) is 6.92 Å². The highest BCUT2D eigenvalue weighted by Gasteiger charge is 2.34. The van der Waals surface area contributed by atoms with Gasteiger partial charge < -0.3 is 14.5 Å². The van der Waals surface area contributed by atoms with Gasteiger partial charge in [-0.1, -0.05) is 6.92 Å². The molecule has 7 nitrogen and oxygen atoms in total. The molecule has 23 heavy (non-hydrogen) atoms. The van der Waals surface area contributed by atoms with Crippen LogP contribution >= 0.6 is 0 Å². The highest BCUT2D eigenvalue weighted by Crippen LogP contribution is 2.24. The highest BCUT2D eigenvalue weighted by atomic mass is 32.2. The van der Waals surface area contributed by atoms with Crippen LogP contribution in [0.25, 0.3) is 0 Å². The Hall–Kier alpha value is -1.38. The van der Waals surface area contributed by atoms with Gasteiger partial charge in [0.1, 0.15) is 0 Å². The van der Waals surface area contributed by atoms with Crippen molar-refractivity contribution in [1.82, 2.24) is 9.62 Å². The molecule has 0 unspecified atom stereocenters. The number of esters is 1. The predicted molar refractivity (Wildman–Crippen MR) is 84.7 cm³/mol. The van der Waals surface area contributed by atoms with Crippen molar-refractivity contribution >= 4 is 16.0 Å². The molecular formula is C15H24N2O5S. The Kier molecular flexibility index (Phi) is 6.20. The minimum Gasteiger partial charge on any atom is -0.460 e. The van der Waals surface area contributed by atoms with E-state index in [9.17, 15) is 13.2 Å². The van der Waals surface area contributed by atoms with E-state index in [0.29, 0.717) is 13.0 Å². The van der Waals surface area contributed by atoms with Crippen molar-refractivity contribution in [2.24, 2.45) is 0 Å². The largest absolute Gasteiger partial charge is 0.460 e. The predicted octanol–water partition coefficient (Wildman–Crippen LogP) is 1.61. The van der Waals surface area contributed by atoms with Crippen molar-refractivity contribution in [1.29, 1.82) is 0 Å². The van der Waals surface area contributed by atoms with Gasteiger partial charge in [0.2, 0.25) is 10.9 Å².